The molecular weight excluding hydrogens is 546 g/mol. The first-order valence-corrected chi connectivity index (χ1v) is 16.2. The van der Waals surface area contributed by atoms with Gasteiger partial charge < -0.3 is 14.9 Å². The second-order valence-corrected chi connectivity index (χ2v) is 11.5. The third-order valence-corrected chi connectivity index (χ3v) is 7.37. The Morgan fingerprint density at radius 2 is 0.897 bits per heavy atom. The van der Waals surface area contributed by atoms with Crippen LogP contribution in [0.15, 0.2) is 0 Å². The van der Waals surface area contributed by atoms with Crippen molar-refractivity contribution in [3.05, 3.63) is 0 Å². The number of carboxylic acid groups (broad SMARTS) is 2. The van der Waals surface area contributed by atoms with E-state index in [-0.39, 0.29) is 46.9 Å². The Bertz CT molecular complexity index is 613. The van der Waals surface area contributed by atoms with E-state index in [2.05, 4.69) is 13.8 Å². The zero-order valence-electron chi connectivity index (χ0n) is 23.6. The molecule has 0 aliphatic rings. The van der Waals surface area contributed by atoms with Gasteiger partial charge in [-0.15, -0.1) is 0 Å². The predicted molar refractivity (Wildman–Crippen MR) is 167 cm³/mol. The minimum atomic E-state index is -4.84. The van der Waals surface area contributed by atoms with Crippen LogP contribution in [-0.4, -0.2) is 101 Å². The fourth-order valence-electron chi connectivity index (χ4n) is 3.96. The van der Waals surface area contributed by atoms with Crippen molar-refractivity contribution in [3.8, 4) is 0 Å². The summed E-state index contributed by atoms with van der Waals surface area (Å²) in [6.45, 7) is 6.57. The summed E-state index contributed by atoms with van der Waals surface area (Å²) in [5.74, 6) is -3.50. The van der Waals surface area contributed by atoms with Crippen molar-refractivity contribution < 1.29 is 37.5 Å². The Kier molecular flexibility index (Phi) is 41.0. The molecule has 39 heavy (non-hydrogen) atoms. The van der Waals surface area contributed by atoms with Gasteiger partial charge in [-0.3, -0.25) is 14.1 Å². The van der Waals surface area contributed by atoms with E-state index < -0.39 is 33.7 Å². The van der Waals surface area contributed by atoms with Crippen LogP contribution < -0.4 is 0 Å². The first-order valence-electron chi connectivity index (χ1n) is 14.6. The van der Waals surface area contributed by atoms with Crippen LogP contribution in [0.3, 0.4) is 0 Å². The van der Waals surface area contributed by atoms with Crippen molar-refractivity contribution in [3.63, 3.8) is 0 Å². The molecule has 0 spiro atoms. The summed E-state index contributed by atoms with van der Waals surface area (Å²) in [5.41, 5.74) is 0. The molecule has 0 aromatic heterocycles. The molecule has 0 radical (unpaired) electrons. The SMILES string of the molecule is CCCCCCCCCCCCOCCCCCCCCCCCC.O=C(O)CC(C(=O)O)S(=O)(=O)O.[AlH3].[NaH]. The van der Waals surface area contributed by atoms with Gasteiger partial charge in [-0.1, -0.05) is 129 Å². The number of unbranched alkanes of at least 4 members (excludes halogenated alkanes) is 18. The molecule has 0 saturated heterocycles. The van der Waals surface area contributed by atoms with Gasteiger partial charge in [0.25, 0.3) is 10.1 Å². The van der Waals surface area contributed by atoms with Crippen molar-refractivity contribution >= 4 is 69.0 Å². The van der Waals surface area contributed by atoms with E-state index in [1.54, 1.807) is 0 Å². The molecule has 0 aromatic carbocycles. The predicted octanol–water partition coefficient (Wildman–Crippen LogP) is 5.81. The van der Waals surface area contributed by atoms with Gasteiger partial charge in [0.15, 0.2) is 22.6 Å². The van der Waals surface area contributed by atoms with E-state index in [0.717, 1.165) is 13.2 Å². The summed E-state index contributed by atoms with van der Waals surface area (Å²) < 4.78 is 34.4. The maximum atomic E-state index is 10.2. The molecule has 0 aliphatic heterocycles. The minimum absolute atomic E-state index is 0. The van der Waals surface area contributed by atoms with Gasteiger partial charge in [0.1, 0.15) is 0 Å². The molecule has 0 aliphatic carbocycles. The van der Waals surface area contributed by atoms with Crippen LogP contribution in [0.2, 0.25) is 0 Å². The number of carbonyl (C=O) groups is 2. The summed E-state index contributed by atoms with van der Waals surface area (Å²) in [4.78, 5) is 20.0. The first-order chi connectivity index (χ1) is 17.7. The van der Waals surface area contributed by atoms with E-state index in [1.165, 1.54) is 128 Å². The molecular formula is C28H60AlNaO8S. The van der Waals surface area contributed by atoms with Crippen molar-refractivity contribution in [1.82, 2.24) is 0 Å². The number of hydrogen-bond acceptors (Lipinski definition) is 5. The normalized spacial score (nSPS) is 11.5. The molecule has 0 fully saturated rings. The van der Waals surface area contributed by atoms with Gasteiger partial charge in [0, 0.05) is 13.2 Å². The fourth-order valence-corrected chi connectivity index (χ4v) is 4.57. The number of aliphatic carboxylic acids is 2. The fraction of sp³-hybridized carbons (Fsp3) is 0.929. The van der Waals surface area contributed by atoms with Gasteiger partial charge in [-0.05, 0) is 12.8 Å². The van der Waals surface area contributed by atoms with Crippen molar-refractivity contribution in [2.75, 3.05) is 13.2 Å². The Morgan fingerprint density at radius 3 is 1.10 bits per heavy atom. The van der Waals surface area contributed by atoms with E-state index in [9.17, 15) is 18.0 Å². The van der Waals surface area contributed by atoms with Crippen LogP contribution in [0.1, 0.15) is 149 Å². The first kappa shape index (κ1) is 46.3. The van der Waals surface area contributed by atoms with Crippen LogP contribution in [0.25, 0.3) is 0 Å². The standard InChI is InChI=1S/C24H50O.C4H6O7S.Al.Na.4H/c1-3-5-7-9-11-13-15-17-19-21-23-25-24-22-20-18-16-14-12-10-8-6-4-2;5-3(6)1-2(4(7)8)12(9,10)11;;;;;;/h3-24H2,1-2H3;2H,1H2,(H,5,6)(H,7,8)(H,9,10,11);;;;;;. The van der Waals surface area contributed by atoms with Crippen LogP contribution in [0.5, 0.6) is 0 Å². The molecule has 1 unspecified atom stereocenters. The Labute approximate surface area is 272 Å². The number of hydrogen-bond donors (Lipinski definition) is 3. The molecule has 1 atom stereocenters. The number of ether oxygens (including phenoxy) is 1. The van der Waals surface area contributed by atoms with Crippen LogP contribution in [-0.2, 0) is 24.4 Å². The second kappa shape index (κ2) is 34.5. The molecule has 0 rings (SSSR count). The topological polar surface area (TPSA) is 138 Å². The third-order valence-electron chi connectivity index (χ3n) is 6.28. The zero-order valence-corrected chi connectivity index (χ0v) is 24.4. The molecule has 0 heterocycles. The van der Waals surface area contributed by atoms with E-state index in [4.69, 9.17) is 19.5 Å². The molecule has 230 valence electrons. The van der Waals surface area contributed by atoms with Crippen molar-refractivity contribution in [2.24, 2.45) is 0 Å². The number of carboxylic acids is 2. The van der Waals surface area contributed by atoms with Gasteiger partial charge in [0.2, 0.25) is 0 Å². The van der Waals surface area contributed by atoms with Gasteiger partial charge in [0.05, 0.1) is 6.42 Å². The molecule has 0 bridgehead atoms. The molecule has 0 amide bonds. The van der Waals surface area contributed by atoms with Crippen molar-refractivity contribution in [2.45, 2.75) is 154 Å². The molecule has 0 aromatic rings. The Balaban J connectivity index is -0.000000371. The second-order valence-electron chi connectivity index (χ2n) is 9.92. The summed E-state index contributed by atoms with van der Waals surface area (Å²) in [7, 11) is -4.84. The monoisotopic (exact) mass is 606 g/mol. The van der Waals surface area contributed by atoms with Crippen LogP contribution in [0.4, 0.5) is 0 Å². The van der Waals surface area contributed by atoms with Gasteiger partial charge >= 0.3 is 41.5 Å². The molecule has 11 heteroatoms. The maximum absolute atomic E-state index is 10.2. The Morgan fingerprint density at radius 1 is 0.615 bits per heavy atom. The van der Waals surface area contributed by atoms with Gasteiger partial charge in [-0.25, -0.2) is 0 Å². The molecule has 3 N–H and O–H groups in total. The quantitative estimate of drug-likeness (QED) is 0.0637. The van der Waals surface area contributed by atoms with Crippen molar-refractivity contribution in [1.29, 1.82) is 0 Å². The van der Waals surface area contributed by atoms with E-state index >= 15 is 0 Å². The van der Waals surface area contributed by atoms with E-state index in [1.807, 2.05) is 0 Å². The number of rotatable bonds is 26. The summed E-state index contributed by atoms with van der Waals surface area (Å²) in [6.07, 6.45) is 27.0. The van der Waals surface area contributed by atoms with Gasteiger partial charge in [-0.2, -0.15) is 8.42 Å². The average molecular weight is 607 g/mol. The van der Waals surface area contributed by atoms with Crippen LogP contribution in [0, 0.1) is 0 Å². The average Bonchev–Trinajstić information content (AvgIpc) is 2.83. The summed E-state index contributed by atoms with van der Waals surface area (Å²) >= 11 is 0. The summed E-state index contributed by atoms with van der Waals surface area (Å²) in [5, 5.41) is 13.9. The third kappa shape index (κ3) is 38.3. The van der Waals surface area contributed by atoms with E-state index in [0.29, 0.717) is 0 Å². The molecule has 8 nitrogen and oxygen atoms in total. The summed E-state index contributed by atoms with van der Waals surface area (Å²) in [6, 6.07) is 0. The zero-order chi connectivity index (χ0) is 28.2. The van der Waals surface area contributed by atoms with Crippen LogP contribution >= 0.6 is 0 Å². The Hall–Kier alpha value is 0.342. The molecule has 0 saturated carbocycles.